The molecule has 0 aliphatic carbocycles. The second kappa shape index (κ2) is 13.8. The third-order valence-corrected chi connectivity index (χ3v) is 6.00. The Morgan fingerprint density at radius 3 is 1.84 bits per heavy atom. The molecule has 0 saturated heterocycles. The van der Waals surface area contributed by atoms with E-state index in [1.807, 2.05) is 0 Å². The van der Waals surface area contributed by atoms with Crippen LogP contribution in [0.1, 0.15) is 88.0 Å². The molecule has 0 bridgehead atoms. The van der Waals surface area contributed by atoms with Crippen LogP contribution in [-0.4, -0.2) is 9.90 Å². The van der Waals surface area contributed by atoms with E-state index in [0.29, 0.717) is 0 Å². The second-order valence-corrected chi connectivity index (χ2v) is 8.77. The SMILES string of the molecule is CCCCCCCCCCCCc1c[n+](Cc2ccccc2)nn1Cc1ccccc1. The summed E-state index contributed by atoms with van der Waals surface area (Å²) in [6, 6.07) is 21.3. The van der Waals surface area contributed by atoms with Gasteiger partial charge in [0.25, 0.3) is 0 Å². The van der Waals surface area contributed by atoms with E-state index in [2.05, 4.69) is 83.1 Å². The van der Waals surface area contributed by atoms with Crippen molar-refractivity contribution in [3.8, 4) is 0 Å². The Morgan fingerprint density at radius 1 is 0.677 bits per heavy atom. The average molecular weight is 419 g/mol. The summed E-state index contributed by atoms with van der Waals surface area (Å²) < 4.78 is 4.30. The van der Waals surface area contributed by atoms with Gasteiger partial charge in [0.15, 0.2) is 11.9 Å². The van der Waals surface area contributed by atoms with E-state index in [1.165, 1.54) is 81.0 Å². The lowest BCUT2D eigenvalue weighted by Crippen LogP contribution is -2.36. The van der Waals surface area contributed by atoms with Crippen LogP contribution in [0.4, 0.5) is 0 Å². The first-order chi connectivity index (χ1) is 15.3. The van der Waals surface area contributed by atoms with Gasteiger partial charge in [0, 0.05) is 6.42 Å². The maximum atomic E-state index is 4.90. The van der Waals surface area contributed by atoms with Crippen molar-refractivity contribution in [3.63, 3.8) is 0 Å². The van der Waals surface area contributed by atoms with Crippen LogP contribution < -0.4 is 4.68 Å². The van der Waals surface area contributed by atoms with Crippen molar-refractivity contribution >= 4 is 0 Å². The van der Waals surface area contributed by atoms with Crippen molar-refractivity contribution in [2.45, 2.75) is 90.6 Å². The minimum atomic E-state index is 0.827. The zero-order chi connectivity index (χ0) is 21.6. The van der Waals surface area contributed by atoms with Gasteiger partial charge in [-0.25, -0.2) is 0 Å². The van der Waals surface area contributed by atoms with Crippen LogP contribution in [0.5, 0.6) is 0 Å². The number of unbranched alkanes of at least 4 members (excludes halogenated alkanes) is 9. The summed E-state index contributed by atoms with van der Waals surface area (Å²) in [5, 5.41) is 4.90. The average Bonchev–Trinajstić information content (AvgIpc) is 3.17. The lowest BCUT2D eigenvalue weighted by Gasteiger charge is -2.02. The molecule has 166 valence electrons. The second-order valence-electron chi connectivity index (χ2n) is 8.77. The third kappa shape index (κ3) is 8.69. The monoisotopic (exact) mass is 418 g/mol. The van der Waals surface area contributed by atoms with Crippen molar-refractivity contribution in [2.24, 2.45) is 0 Å². The van der Waals surface area contributed by atoms with Gasteiger partial charge in [-0.2, -0.15) is 0 Å². The highest BCUT2D eigenvalue weighted by molar-refractivity contribution is 5.15. The Bertz CT molecular complexity index is 839. The van der Waals surface area contributed by atoms with Gasteiger partial charge < -0.3 is 0 Å². The summed E-state index contributed by atoms with van der Waals surface area (Å²) in [7, 11) is 0. The van der Waals surface area contributed by atoms with E-state index in [0.717, 1.165) is 19.5 Å². The van der Waals surface area contributed by atoms with Gasteiger partial charge in [0.1, 0.15) is 13.1 Å². The maximum absolute atomic E-state index is 4.90. The highest BCUT2D eigenvalue weighted by atomic mass is 15.5. The molecule has 0 spiro atoms. The molecule has 1 aromatic heterocycles. The fourth-order valence-corrected chi connectivity index (χ4v) is 4.19. The molecule has 3 rings (SSSR count). The van der Waals surface area contributed by atoms with Crippen LogP contribution >= 0.6 is 0 Å². The molecular weight excluding hydrogens is 378 g/mol. The molecule has 1 heterocycles. The Hall–Kier alpha value is -2.42. The predicted octanol–water partition coefficient (Wildman–Crippen LogP) is 6.73. The van der Waals surface area contributed by atoms with Crippen LogP contribution in [0, 0.1) is 0 Å². The molecule has 0 atom stereocenters. The molecular formula is C28H40N3+. The third-order valence-electron chi connectivity index (χ3n) is 6.00. The van der Waals surface area contributed by atoms with Crippen molar-refractivity contribution in [1.29, 1.82) is 0 Å². The minimum absolute atomic E-state index is 0.827. The summed E-state index contributed by atoms with van der Waals surface area (Å²) in [5.74, 6) is 0. The van der Waals surface area contributed by atoms with Crippen molar-refractivity contribution in [3.05, 3.63) is 83.7 Å². The summed E-state index contributed by atoms with van der Waals surface area (Å²) in [4.78, 5) is 0. The van der Waals surface area contributed by atoms with E-state index in [-0.39, 0.29) is 0 Å². The molecule has 3 aromatic rings. The number of hydrogen-bond donors (Lipinski definition) is 0. The molecule has 31 heavy (non-hydrogen) atoms. The fourth-order valence-electron chi connectivity index (χ4n) is 4.19. The summed E-state index contributed by atoms with van der Waals surface area (Å²) >= 11 is 0. The number of benzene rings is 2. The molecule has 0 aliphatic heterocycles. The smallest absolute Gasteiger partial charge is 0.133 e. The molecule has 0 amide bonds. The lowest BCUT2D eigenvalue weighted by molar-refractivity contribution is -0.747. The normalized spacial score (nSPS) is 11.1. The van der Waals surface area contributed by atoms with Gasteiger partial charge >= 0.3 is 0 Å². The van der Waals surface area contributed by atoms with Gasteiger partial charge in [-0.3, -0.25) is 0 Å². The largest absolute Gasteiger partial charge is 0.168 e. The van der Waals surface area contributed by atoms with E-state index >= 15 is 0 Å². The number of nitrogens with zero attached hydrogens (tertiary/aromatic N) is 3. The van der Waals surface area contributed by atoms with E-state index in [4.69, 9.17) is 5.21 Å². The van der Waals surface area contributed by atoms with Gasteiger partial charge in [-0.05, 0) is 17.5 Å². The van der Waals surface area contributed by atoms with E-state index in [9.17, 15) is 0 Å². The van der Waals surface area contributed by atoms with E-state index < -0.39 is 0 Å². The van der Waals surface area contributed by atoms with Crippen LogP contribution in [0.15, 0.2) is 66.9 Å². The van der Waals surface area contributed by atoms with Crippen LogP contribution in [0.2, 0.25) is 0 Å². The Morgan fingerprint density at radius 2 is 1.23 bits per heavy atom. The first-order valence-electron chi connectivity index (χ1n) is 12.4. The molecule has 0 radical (unpaired) electrons. The minimum Gasteiger partial charge on any atom is -0.133 e. The fraction of sp³-hybridized carbons (Fsp3) is 0.500. The van der Waals surface area contributed by atoms with Gasteiger partial charge in [-0.15, -0.1) is 9.36 Å². The van der Waals surface area contributed by atoms with Crippen LogP contribution in [-0.2, 0) is 19.5 Å². The molecule has 0 unspecified atom stereocenters. The highest BCUT2D eigenvalue weighted by Crippen LogP contribution is 2.13. The summed E-state index contributed by atoms with van der Waals surface area (Å²) in [6.07, 6.45) is 17.1. The predicted molar refractivity (Wildman–Crippen MR) is 129 cm³/mol. The molecule has 0 N–H and O–H groups in total. The van der Waals surface area contributed by atoms with Gasteiger partial charge in [0.2, 0.25) is 0 Å². The van der Waals surface area contributed by atoms with Gasteiger partial charge in [0.05, 0.1) is 5.21 Å². The van der Waals surface area contributed by atoms with Crippen molar-refractivity contribution < 1.29 is 4.68 Å². The molecule has 0 aliphatic rings. The number of hydrogen-bond acceptors (Lipinski definition) is 1. The molecule has 0 fully saturated rings. The summed E-state index contributed by atoms with van der Waals surface area (Å²) in [6.45, 7) is 3.96. The van der Waals surface area contributed by atoms with Gasteiger partial charge in [-0.1, -0.05) is 125 Å². The topological polar surface area (TPSA) is 21.7 Å². The first kappa shape index (κ1) is 23.2. The first-order valence-corrected chi connectivity index (χ1v) is 12.4. The Balaban J connectivity index is 1.49. The van der Waals surface area contributed by atoms with Crippen LogP contribution in [0.25, 0.3) is 0 Å². The number of rotatable bonds is 15. The number of aryl methyl sites for hydroxylation is 1. The summed E-state index contributed by atoms with van der Waals surface area (Å²) in [5.41, 5.74) is 3.95. The standard InChI is InChI=1S/C28H40N3/c1-2-3-4-5-6-7-8-9-10-17-22-28-25-30(23-26-18-13-11-14-19-26)29-31(28)24-27-20-15-12-16-21-27/h11-16,18-21,25H,2-10,17,22-24H2,1H3/q+1. The molecule has 0 saturated carbocycles. The molecule has 3 heteroatoms. The quantitative estimate of drug-likeness (QED) is 0.198. The van der Waals surface area contributed by atoms with Crippen molar-refractivity contribution in [1.82, 2.24) is 9.90 Å². The maximum Gasteiger partial charge on any atom is 0.168 e. The Labute approximate surface area is 189 Å². The zero-order valence-corrected chi connectivity index (χ0v) is 19.4. The zero-order valence-electron chi connectivity index (χ0n) is 19.4. The van der Waals surface area contributed by atoms with E-state index in [1.54, 1.807) is 0 Å². The van der Waals surface area contributed by atoms with Crippen molar-refractivity contribution in [2.75, 3.05) is 0 Å². The highest BCUT2D eigenvalue weighted by Gasteiger charge is 2.16. The molecule has 2 aromatic carbocycles. The lowest BCUT2D eigenvalue weighted by atomic mass is 10.1. The van der Waals surface area contributed by atoms with Crippen LogP contribution in [0.3, 0.4) is 0 Å². The number of aromatic nitrogens is 3. The molecule has 3 nitrogen and oxygen atoms in total. The Kier molecular flexibility index (Phi) is 10.3.